The maximum Gasteiger partial charge on any atom is 0.241 e. The van der Waals surface area contributed by atoms with Gasteiger partial charge in [0.25, 0.3) is 0 Å². The van der Waals surface area contributed by atoms with Crippen LogP contribution < -0.4 is 10.6 Å². The topological polar surface area (TPSA) is 59.2 Å². The molecule has 0 unspecified atom stereocenters. The van der Waals surface area contributed by atoms with Crippen LogP contribution in [0.25, 0.3) is 0 Å². The van der Waals surface area contributed by atoms with Gasteiger partial charge < -0.3 is 10.6 Å². The van der Waals surface area contributed by atoms with Crippen LogP contribution in [0.15, 0.2) is 30.5 Å². The van der Waals surface area contributed by atoms with Crippen molar-refractivity contribution in [1.29, 1.82) is 0 Å². The molecule has 0 saturated heterocycles. The van der Waals surface area contributed by atoms with E-state index in [1.807, 2.05) is 29.3 Å². The van der Waals surface area contributed by atoms with Crippen LogP contribution in [0.5, 0.6) is 0 Å². The molecule has 0 saturated carbocycles. The summed E-state index contributed by atoms with van der Waals surface area (Å²) in [6.07, 6.45) is 3.70. The molecule has 1 amide bonds. The van der Waals surface area contributed by atoms with E-state index >= 15 is 0 Å². The first-order valence-electron chi connectivity index (χ1n) is 6.79. The van der Waals surface area contributed by atoms with Crippen LogP contribution in [0.3, 0.4) is 0 Å². The standard InChI is InChI=1S/C15H17N3OS/c1-2-11-9-17-15(20-11)13-7-10-5-3-4-6-12(10)18(13)14(19)8-16/h3-6,9,13H,2,7-8,16H2,1H3/t13-/m0/s1. The molecule has 1 atom stereocenters. The lowest BCUT2D eigenvalue weighted by Crippen LogP contribution is -2.36. The summed E-state index contributed by atoms with van der Waals surface area (Å²) in [5.41, 5.74) is 7.73. The monoisotopic (exact) mass is 287 g/mol. The number of carbonyl (C=O) groups excluding carboxylic acids is 1. The first-order chi connectivity index (χ1) is 9.74. The molecular weight excluding hydrogens is 270 g/mol. The van der Waals surface area contributed by atoms with Crippen molar-refractivity contribution in [2.45, 2.75) is 25.8 Å². The van der Waals surface area contributed by atoms with Gasteiger partial charge in [0.05, 0.1) is 12.6 Å². The zero-order chi connectivity index (χ0) is 14.1. The predicted molar refractivity (Wildman–Crippen MR) is 80.9 cm³/mol. The molecule has 20 heavy (non-hydrogen) atoms. The van der Waals surface area contributed by atoms with E-state index in [0.717, 1.165) is 23.5 Å². The number of nitrogens with zero attached hydrogens (tertiary/aromatic N) is 2. The Morgan fingerprint density at radius 1 is 1.50 bits per heavy atom. The largest absolute Gasteiger partial charge is 0.322 e. The molecule has 0 aliphatic carbocycles. The number of anilines is 1. The summed E-state index contributed by atoms with van der Waals surface area (Å²) in [6, 6.07) is 8.01. The average Bonchev–Trinajstić information content (AvgIpc) is 3.10. The van der Waals surface area contributed by atoms with E-state index in [-0.39, 0.29) is 18.5 Å². The number of carbonyl (C=O) groups is 1. The van der Waals surface area contributed by atoms with Gasteiger partial charge in [0.15, 0.2) is 0 Å². The Bertz CT molecular complexity index is 638. The summed E-state index contributed by atoms with van der Waals surface area (Å²) < 4.78 is 0. The highest BCUT2D eigenvalue weighted by atomic mass is 32.1. The van der Waals surface area contributed by atoms with Crippen LogP contribution in [-0.4, -0.2) is 17.4 Å². The molecule has 2 aromatic rings. The summed E-state index contributed by atoms with van der Waals surface area (Å²) in [4.78, 5) is 19.8. The van der Waals surface area contributed by atoms with E-state index in [9.17, 15) is 4.79 Å². The Morgan fingerprint density at radius 3 is 3.00 bits per heavy atom. The maximum absolute atomic E-state index is 12.2. The number of aryl methyl sites for hydroxylation is 1. The van der Waals surface area contributed by atoms with Crippen molar-refractivity contribution in [3.8, 4) is 0 Å². The van der Waals surface area contributed by atoms with Crippen molar-refractivity contribution in [1.82, 2.24) is 4.98 Å². The fraction of sp³-hybridized carbons (Fsp3) is 0.333. The van der Waals surface area contributed by atoms with Crippen molar-refractivity contribution < 1.29 is 4.79 Å². The summed E-state index contributed by atoms with van der Waals surface area (Å²) in [7, 11) is 0. The molecule has 2 heterocycles. The first-order valence-corrected chi connectivity index (χ1v) is 7.61. The summed E-state index contributed by atoms with van der Waals surface area (Å²) >= 11 is 1.69. The molecule has 4 nitrogen and oxygen atoms in total. The molecule has 1 aromatic heterocycles. The SMILES string of the molecule is CCc1cnc([C@@H]2Cc3ccccc3N2C(=O)CN)s1. The van der Waals surface area contributed by atoms with Gasteiger partial charge in [-0.15, -0.1) is 11.3 Å². The van der Waals surface area contributed by atoms with Crippen molar-refractivity contribution in [3.63, 3.8) is 0 Å². The zero-order valence-electron chi connectivity index (χ0n) is 11.4. The van der Waals surface area contributed by atoms with Gasteiger partial charge in [-0.25, -0.2) is 4.98 Å². The minimum atomic E-state index is -0.0480. The second kappa shape index (κ2) is 5.34. The summed E-state index contributed by atoms with van der Waals surface area (Å²) in [6.45, 7) is 2.14. The number of para-hydroxylation sites is 1. The van der Waals surface area contributed by atoms with Gasteiger partial charge in [-0.3, -0.25) is 4.79 Å². The number of thiazole rings is 1. The lowest BCUT2D eigenvalue weighted by atomic mass is 10.1. The molecule has 1 aliphatic heterocycles. The Balaban J connectivity index is 2.01. The van der Waals surface area contributed by atoms with Crippen LogP contribution in [0.4, 0.5) is 5.69 Å². The van der Waals surface area contributed by atoms with Crippen molar-refractivity contribution >= 4 is 22.9 Å². The van der Waals surface area contributed by atoms with Crippen molar-refractivity contribution in [2.24, 2.45) is 5.73 Å². The number of amides is 1. The molecule has 0 radical (unpaired) electrons. The third-order valence-electron chi connectivity index (χ3n) is 3.62. The quantitative estimate of drug-likeness (QED) is 0.942. The number of fused-ring (bicyclic) bond motifs is 1. The first kappa shape index (κ1) is 13.3. The van der Waals surface area contributed by atoms with Gasteiger partial charge in [0.2, 0.25) is 5.91 Å². The molecule has 2 N–H and O–H groups in total. The minimum absolute atomic E-state index is 0.00579. The third-order valence-corrected chi connectivity index (χ3v) is 4.87. The van der Waals surface area contributed by atoms with E-state index in [1.54, 1.807) is 11.3 Å². The molecule has 1 aliphatic rings. The van der Waals surface area contributed by atoms with Crippen LogP contribution in [0, 0.1) is 0 Å². The molecule has 5 heteroatoms. The molecule has 1 aromatic carbocycles. The van der Waals surface area contributed by atoms with E-state index < -0.39 is 0 Å². The highest BCUT2D eigenvalue weighted by molar-refractivity contribution is 7.11. The lowest BCUT2D eigenvalue weighted by molar-refractivity contribution is -0.117. The van der Waals surface area contributed by atoms with Gasteiger partial charge in [-0.2, -0.15) is 0 Å². The summed E-state index contributed by atoms with van der Waals surface area (Å²) in [5, 5.41) is 1.000. The number of rotatable bonds is 3. The van der Waals surface area contributed by atoms with E-state index in [2.05, 4.69) is 18.0 Å². The molecule has 0 spiro atoms. The fourth-order valence-electron chi connectivity index (χ4n) is 2.63. The van der Waals surface area contributed by atoms with E-state index in [0.29, 0.717) is 0 Å². The predicted octanol–water partition coefficient (Wildman–Crippen LogP) is 2.29. The van der Waals surface area contributed by atoms with Gasteiger partial charge in [-0.05, 0) is 18.1 Å². The van der Waals surface area contributed by atoms with Gasteiger partial charge in [0.1, 0.15) is 5.01 Å². The van der Waals surface area contributed by atoms with E-state index in [1.165, 1.54) is 10.4 Å². The Labute approximate surface area is 122 Å². The van der Waals surface area contributed by atoms with Crippen LogP contribution >= 0.6 is 11.3 Å². The smallest absolute Gasteiger partial charge is 0.241 e. The highest BCUT2D eigenvalue weighted by Gasteiger charge is 2.35. The number of aromatic nitrogens is 1. The normalized spacial score (nSPS) is 17.3. The minimum Gasteiger partial charge on any atom is -0.322 e. The Morgan fingerprint density at radius 2 is 2.30 bits per heavy atom. The fourth-order valence-corrected chi connectivity index (χ4v) is 3.58. The van der Waals surface area contributed by atoms with Crippen molar-refractivity contribution in [2.75, 3.05) is 11.4 Å². The molecular formula is C15H17N3OS. The zero-order valence-corrected chi connectivity index (χ0v) is 12.2. The molecule has 0 fully saturated rings. The van der Waals surface area contributed by atoms with Crippen LogP contribution in [-0.2, 0) is 17.6 Å². The van der Waals surface area contributed by atoms with Crippen molar-refractivity contribution in [3.05, 3.63) is 45.9 Å². The number of nitrogens with two attached hydrogens (primary N) is 1. The lowest BCUT2D eigenvalue weighted by Gasteiger charge is -2.23. The molecule has 0 bridgehead atoms. The maximum atomic E-state index is 12.2. The average molecular weight is 287 g/mol. The Kier molecular flexibility index (Phi) is 3.54. The number of benzene rings is 1. The van der Waals surface area contributed by atoms with Crippen LogP contribution in [0.2, 0.25) is 0 Å². The van der Waals surface area contributed by atoms with Gasteiger partial charge in [-0.1, -0.05) is 25.1 Å². The number of hydrogen-bond donors (Lipinski definition) is 1. The van der Waals surface area contributed by atoms with Crippen LogP contribution in [0.1, 0.15) is 28.4 Å². The molecule has 3 rings (SSSR count). The molecule has 104 valence electrons. The second-order valence-electron chi connectivity index (χ2n) is 4.83. The Hall–Kier alpha value is -1.72. The number of hydrogen-bond acceptors (Lipinski definition) is 4. The summed E-state index contributed by atoms with van der Waals surface area (Å²) in [5.74, 6) is -0.0480. The van der Waals surface area contributed by atoms with Gasteiger partial charge >= 0.3 is 0 Å². The van der Waals surface area contributed by atoms with E-state index in [4.69, 9.17) is 5.73 Å². The highest BCUT2D eigenvalue weighted by Crippen LogP contribution is 2.41. The third kappa shape index (κ3) is 2.13. The second-order valence-corrected chi connectivity index (χ2v) is 5.98. The van der Waals surface area contributed by atoms with Gasteiger partial charge in [0, 0.05) is 23.2 Å².